The second-order valence-corrected chi connectivity index (χ2v) is 5.54. The first-order valence-electron chi connectivity index (χ1n) is 4.58. The van der Waals surface area contributed by atoms with Crippen LogP contribution in [-0.2, 0) is 10.2 Å². The van der Waals surface area contributed by atoms with Gasteiger partial charge in [-0.05, 0) is 40.5 Å². The number of aryl methyl sites for hydroxylation is 1. The van der Waals surface area contributed by atoms with Crippen LogP contribution in [0.25, 0.3) is 0 Å². The average Bonchev–Trinajstić information content (AvgIpc) is 2.13. The largest absolute Gasteiger partial charge is 0.299 e. The molecule has 1 rings (SSSR count). The fraction of sp³-hybridized carbons (Fsp3) is 0.333. The van der Waals surface area contributed by atoms with Gasteiger partial charge >= 0.3 is 0 Å². The Morgan fingerprint density at radius 1 is 1.44 bits per heavy atom. The van der Waals surface area contributed by atoms with E-state index < -0.39 is 16.0 Å². The molecule has 0 saturated carbocycles. The number of benzene rings is 1. The van der Waals surface area contributed by atoms with Crippen molar-refractivity contribution < 1.29 is 12.8 Å². The minimum atomic E-state index is -3.62. The van der Waals surface area contributed by atoms with Crippen molar-refractivity contribution in [1.82, 2.24) is 4.72 Å². The Morgan fingerprint density at radius 3 is 2.62 bits per heavy atom. The molecule has 1 aromatic rings. The summed E-state index contributed by atoms with van der Waals surface area (Å²) in [4.78, 5) is 0. The van der Waals surface area contributed by atoms with Crippen molar-refractivity contribution in [2.45, 2.75) is 13.8 Å². The zero-order valence-corrected chi connectivity index (χ0v) is 11.2. The van der Waals surface area contributed by atoms with Crippen LogP contribution in [0.15, 0.2) is 16.6 Å². The molecular weight excluding hydrogens is 299 g/mol. The predicted molar refractivity (Wildman–Crippen MR) is 65.1 cm³/mol. The molecule has 0 aromatic heterocycles. The van der Waals surface area contributed by atoms with Crippen molar-refractivity contribution >= 4 is 31.8 Å². The molecule has 0 aliphatic carbocycles. The molecule has 0 aliphatic heterocycles. The molecule has 0 spiro atoms. The van der Waals surface area contributed by atoms with Crippen LogP contribution in [0.2, 0.25) is 0 Å². The zero-order chi connectivity index (χ0) is 12.3. The van der Waals surface area contributed by atoms with Gasteiger partial charge in [0.2, 0.25) is 0 Å². The van der Waals surface area contributed by atoms with Crippen LogP contribution >= 0.6 is 15.9 Å². The molecule has 0 atom stereocenters. The molecule has 0 amide bonds. The van der Waals surface area contributed by atoms with Crippen molar-refractivity contribution in [2.24, 2.45) is 0 Å². The molecule has 1 aromatic carbocycles. The van der Waals surface area contributed by atoms with E-state index in [0.29, 0.717) is 10.0 Å². The van der Waals surface area contributed by atoms with Crippen LogP contribution in [0.3, 0.4) is 0 Å². The van der Waals surface area contributed by atoms with Gasteiger partial charge in [-0.2, -0.15) is 13.1 Å². The Balaban J connectivity index is 3.03. The highest BCUT2D eigenvalue weighted by Crippen LogP contribution is 2.24. The normalized spacial score (nSPS) is 11.5. The van der Waals surface area contributed by atoms with Crippen LogP contribution in [0.5, 0.6) is 0 Å². The lowest BCUT2D eigenvalue weighted by atomic mass is 10.2. The highest BCUT2D eigenvalue weighted by Gasteiger charge is 2.12. The van der Waals surface area contributed by atoms with E-state index in [2.05, 4.69) is 25.4 Å². The summed E-state index contributed by atoms with van der Waals surface area (Å²) >= 11 is 3.02. The van der Waals surface area contributed by atoms with Crippen LogP contribution in [0.1, 0.15) is 12.5 Å². The van der Waals surface area contributed by atoms with Crippen molar-refractivity contribution in [3.63, 3.8) is 0 Å². The molecule has 7 heteroatoms. The van der Waals surface area contributed by atoms with E-state index in [0.717, 1.165) is 6.07 Å². The SMILES string of the molecule is CCNS(=O)(=O)Nc1cc(F)c(Br)cc1C. The lowest BCUT2D eigenvalue weighted by Crippen LogP contribution is -2.30. The topological polar surface area (TPSA) is 58.2 Å². The van der Waals surface area contributed by atoms with Gasteiger partial charge < -0.3 is 0 Å². The van der Waals surface area contributed by atoms with Gasteiger partial charge in [0, 0.05) is 6.54 Å². The van der Waals surface area contributed by atoms with Crippen LogP contribution < -0.4 is 9.44 Å². The fourth-order valence-corrected chi connectivity index (χ4v) is 2.55. The monoisotopic (exact) mass is 310 g/mol. The Bertz CT molecular complexity index is 491. The minimum absolute atomic E-state index is 0.224. The van der Waals surface area contributed by atoms with Gasteiger partial charge in [0.25, 0.3) is 10.2 Å². The maximum atomic E-state index is 13.2. The number of hydrogen-bond donors (Lipinski definition) is 2. The summed E-state index contributed by atoms with van der Waals surface area (Å²) in [6.45, 7) is 3.62. The first kappa shape index (κ1) is 13.4. The zero-order valence-electron chi connectivity index (χ0n) is 8.84. The molecule has 0 heterocycles. The fourth-order valence-electron chi connectivity index (χ4n) is 1.13. The van der Waals surface area contributed by atoms with Crippen molar-refractivity contribution in [2.75, 3.05) is 11.3 Å². The third-order valence-electron chi connectivity index (χ3n) is 1.85. The van der Waals surface area contributed by atoms with E-state index in [1.165, 1.54) is 6.07 Å². The third-order valence-corrected chi connectivity index (χ3v) is 3.61. The molecule has 0 radical (unpaired) electrons. The summed E-state index contributed by atoms with van der Waals surface area (Å²) in [7, 11) is -3.62. The molecule has 0 bridgehead atoms. The van der Waals surface area contributed by atoms with Crippen LogP contribution in [-0.4, -0.2) is 15.0 Å². The van der Waals surface area contributed by atoms with Gasteiger partial charge in [-0.1, -0.05) is 6.92 Å². The van der Waals surface area contributed by atoms with E-state index in [-0.39, 0.29) is 12.2 Å². The van der Waals surface area contributed by atoms with Gasteiger partial charge in [-0.3, -0.25) is 4.72 Å². The second-order valence-electron chi connectivity index (χ2n) is 3.18. The standard InChI is InChI=1S/C9H12BrFN2O2S/c1-3-12-16(14,15)13-9-5-8(11)7(10)4-6(9)2/h4-5,12-13H,3H2,1-2H3. The van der Waals surface area contributed by atoms with E-state index in [9.17, 15) is 12.8 Å². The van der Waals surface area contributed by atoms with Gasteiger partial charge in [0.15, 0.2) is 0 Å². The molecule has 90 valence electrons. The van der Waals surface area contributed by atoms with Crippen molar-refractivity contribution in [3.05, 3.63) is 28.0 Å². The van der Waals surface area contributed by atoms with Gasteiger partial charge in [0.05, 0.1) is 10.2 Å². The molecule has 0 fully saturated rings. The number of rotatable bonds is 4. The quantitative estimate of drug-likeness (QED) is 0.895. The lowest BCUT2D eigenvalue weighted by molar-refractivity contribution is 0.589. The molecule has 4 nitrogen and oxygen atoms in total. The van der Waals surface area contributed by atoms with E-state index in [1.807, 2.05) is 0 Å². The van der Waals surface area contributed by atoms with E-state index in [4.69, 9.17) is 0 Å². The number of hydrogen-bond acceptors (Lipinski definition) is 2. The third kappa shape index (κ3) is 3.43. The predicted octanol–water partition coefficient (Wildman–Crippen LogP) is 2.16. The molecule has 16 heavy (non-hydrogen) atoms. The summed E-state index contributed by atoms with van der Waals surface area (Å²) in [5.41, 5.74) is 0.858. The Labute approximate surface area is 103 Å². The Hall–Kier alpha value is -0.660. The maximum absolute atomic E-state index is 13.2. The Morgan fingerprint density at radius 2 is 2.06 bits per heavy atom. The highest BCUT2D eigenvalue weighted by atomic mass is 79.9. The van der Waals surface area contributed by atoms with Gasteiger partial charge in [-0.25, -0.2) is 4.39 Å². The first-order chi connectivity index (χ1) is 7.35. The molecular formula is C9H12BrFN2O2S. The van der Waals surface area contributed by atoms with Crippen LogP contribution in [0, 0.1) is 12.7 Å². The van der Waals surface area contributed by atoms with Crippen molar-refractivity contribution in [1.29, 1.82) is 0 Å². The maximum Gasteiger partial charge on any atom is 0.299 e. The van der Waals surface area contributed by atoms with Gasteiger partial charge in [0.1, 0.15) is 5.82 Å². The second kappa shape index (κ2) is 5.11. The molecule has 2 N–H and O–H groups in total. The summed E-state index contributed by atoms with van der Waals surface area (Å²) < 4.78 is 40.8. The molecule has 0 saturated heterocycles. The van der Waals surface area contributed by atoms with Crippen molar-refractivity contribution in [3.8, 4) is 0 Å². The van der Waals surface area contributed by atoms with E-state index >= 15 is 0 Å². The average molecular weight is 311 g/mol. The first-order valence-corrected chi connectivity index (χ1v) is 6.86. The summed E-state index contributed by atoms with van der Waals surface area (Å²) in [5, 5.41) is 0. The Kier molecular flexibility index (Phi) is 4.28. The minimum Gasteiger partial charge on any atom is -0.271 e. The highest BCUT2D eigenvalue weighted by molar-refractivity contribution is 9.10. The van der Waals surface area contributed by atoms with Gasteiger partial charge in [-0.15, -0.1) is 0 Å². The molecule has 0 unspecified atom stereocenters. The summed E-state index contributed by atoms with van der Waals surface area (Å²) in [6.07, 6.45) is 0. The smallest absolute Gasteiger partial charge is 0.271 e. The lowest BCUT2D eigenvalue weighted by Gasteiger charge is -2.11. The number of halogens is 2. The van der Waals surface area contributed by atoms with Crippen LogP contribution in [0.4, 0.5) is 10.1 Å². The summed E-state index contributed by atoms with van der Waals surface area (Å²) in [5.74, 6) is -0.514. The van der Waals surface area contributed by atoms with E-state index in [1.54, 1.807) is 13.8 Å². The number of anilines is 1. The summed E-state index contributed by atoms with van der Waals surface area (Å²) in [6, 6.07) is 2.65. The molecule has 0 aliphatic rings. The number of nitrogens with one attached hydrogen (secondary N) is 2.